The Balaban J connectivity index is 0.000000157. The van der Waals surface area contributed by atoms with Gasteiger partial charge in [-0.25, -0.2) is 0 Å². The molecule has 0 N–H and O–H groups in total. The van der Waals surface area contributed by atoms with Crippen molar-refractivity contribution in [2.45, 2.75) is 0 Å². The van der Waals surface area contributed by atoms with E-state index in [0.29, 0.717) is 8.97 Å². The van der Waals surface area contributed by atoms with Crippen LogP contribution in [0.15, 0.2) is 243 Å². The molecule has 8 aromatic rings. The summed E-state index contributed by atoms with van der Waals surface area (Å²) >= 11 is 0. The average Bonchev–Trinajstić information content (AvgIpc) is 3.22. The Morgan fingerprint density at radius 3 is 0.340 bits per heavy atom. The molecule has 0 unspecified atom stereocenters. The fraction of sp³-hybridized carbons (Fsp3) is 0. The van der Waals surface area contributed by atoms with Gasteiger partial charge in [-0.1, -0.05) is 146 Å². The van der Waals surface area contributed by atoms with Crippen LogP contribution in [0.25, 0.3) is 0 Å². The van der Waals surface area contributed by atoms with Gasteiger partial charge < -0.3 is 0 Å². The van der Waals surface area contributed by atoms with Crippen molar-refractivity contribution < 1.29 is 0 Å². The van der Waals surface area contributed by atoms with E-state index < -0.39 is 0 Å². The van der Waals surface area contributed by atoms with Gasteiger partial charge in [0, 0.05) is 97.1 Å². The maximum Gasteiger partial charge on any atom is 0.148 e. The first-order valence-corrected chi connectivity index (χ1v) is 17.1. The summed E-state index contributed by atoms with van der Waals surface area (Å²) in [6.07, 6.45) is 0. The standard InChI is InChI=1S/2C24H20N/c2*1-5-13-21(14-6-1)25(22-15-7-2-8-16-22,23-17-9-3-10-18-23)24-19-11-4-12-20-24/h2*1-20H/q2*+1. The van der Waals surface area contributed by atoms with E-state index in [-0.39, 0.29) is 0 Å². The average molecular weight is 645 g/mol. The van der Waals surface area contributed by atoms with Crippen LogP contribution < -0.4 is 8.97 Å². The van der Waals surface area contributed by atoms with Gasteiger partial charge in [-0.3, -0.25) is 0 Å². The number of para-hydroxylation sites is 8. The summed E-state index contributed by atoms with van der Waals surface area (Å²) in [6.45, 7) is 0. The molecule has 0 spiro atoms. The van der Waals surface area contributed by atoms with Gasteiger partial charge in [0.1, 0.15) is 45.5 Å². The summed E-state index contributed by atoms with van der Waals surface area (Å²) in [4.78, 5) is 0. The van der Waals surface area contributed by atoms with Crippen molar-refractivity contribution in [3.63, 3.8) is 0 Å². The largest absolute Gasteiger partial charge is 0.194 e. The Morgan fingerprint density at radius 2 is 0.240 bits per heavy atom. The van der Waals surface area contributed by atoms with Crippen LogP contribution in [0.4, 0.5) is 45.5 Å². The molecule has 0 amide bonds. The molecule has 8 rings (SSSR count). The highest BCUT2D eigenvalue weighted by molar-refractivity contribution is 5.82. The highest BCUT2D eigenvalue weighted by atomic mass is 15.4. The van der Waals surface area contributed by atoms with Crippen molar-refractivity contribution in [1.82, 2.24) is 8.97 Å². The van der Waals surface area contributed by atoms with Crippen LogP contribution in [0.1, 0.15) is 0 Å². The lowest BCUT2D eigenvalue weighted by Crippen LogP contribution is -2.33. The van der Waals surface area contributed by atoms with Crippen molar-refractivity contribution >= 4 is 45.5 Å². The number of nitrogens with zero attached hydrogens (tertiary/aromatic N) is 2. The molecular weight excluding hydrogens is 605 g/mol. The maximum absolute atomic E-state index is 2.20. The molecule has 50 heavy (non-hydrogen) atoms. The predicted molar refractivity (Wildman–Crippen MR) is 213 cm³/mol. The van der Waals surface area contributed by atoms with Crippen LogP contribution >= 0.6 is 0 Å². The zero-order valence-corrected chi connectivity index (χ0v) is 28.0. The SMILES string of the molecule is c1ccc([N+](c2ccccc2)(c2ccccc2)c2ccccc2)cc1.c1ccc([N+](c2ccccc2)(c2ccccc2)c2ccccc2)cc1. The number of rotatable bonds is 8. The smallest absolute Gasteiger partial charge is 0.148 e. The van der Waals surface area contributed by atoms with Crippen molar-refractivity contribution in [2.75, 3.05) is 0 Å². The monoisotopic (exact) mass is 644 g/mol. The fourth-order valence-electron chi connectivity index (χ4n) is 7.00. The number of quaternary nitrogens is 2. The van der Waals surface area contributed by atoms with Crippen molar-refractivity contribution in [2.24, 2.45) is 0 Å². The van der Waals surface area contributed by atoms with E-state index in [4.69, 9.17) is 0 Å². The van der Waals surface area contributed by atoms with E-state index >= 15 is 0 Å². The van der Waals surface area contributed by atoms with E-state index in [1.165, 1.54) is 45.5 Å². The van der Waals surface area contributed by atoms with Gasteiger partial charge in [0.05, 0.1) is 0 Å². The van der Waals surface area contributed by atoms with Gasteiger partial charge in [0.25, 0.3) is 0 Å². The molecule has 0 saturated heterocycles. The molecule has 240 valence electrons. The molecular formula is C48H40N2+2. The van der Waals surface area contributed by atoms with E-state index in [9.17, 15) is 0 Å². The number of hydrogen-bond acceptors (Lipinski definition) is 0. The zero-order valence-electron chi connectivity index (χ0n) is 28.0. The third-order valence-corrected chi connectivity index (χ3v) is 9.15. The van der Waals surface area contributed by atoms with Gasteiger partial charge in [-0.05, 0) is 0 Å². The summed E-state index contributed by atoms with van der Waals surface area (Å²) in [5, 5.41) is 0. The molecule has 0 radical (unpaired) electrons. The first-order chi connectivity index (χ1) is 24.8. The van der Waals surface area contributed by atoms with E-state index in [2.05, 4.69) is 243 Å². The highest BCUT2D eigenvalue weighted by Gasteiger charge is 2.40. The minimum absolute atomic E-state index is 0.559. The van der Waals surface area contributed by atoms with Crippen LogP contribution in [-0.2, 0) is 0 Å². The summed E-state index contributed by atoms with van der Waals surface area (Å²) in [6, 6.07) is 85.5. The Morgan fingerprint density at radius 1 is 0.140 bits per heavy atom. The third-order valence-electron chi connectivity index (χ3n) is 9.15. The summed E-state index contributed by atoms with van der Waals surface area (Å²) < 4.78 is 1.12. The Labute approximate surface area is 296 Å². The topological polar surface area (TPSA) is 0 Å². The minimum Gasteiger partial charge on any atom is -0.194 e. The summed E-state index contributed by atoms with van der Waals surface area (Å²) in [5.41, 5.74) is 9.71. The number of benzene rings is 8. The fourth-order valence-corrected chi connectivity index (χ4v) is 7.00. The second-order valence-electron chi connectivity index (χ2n) is 12.0. The Bertz CT molecular complexity index is 1670. The van der Waals surface area contributed by atoms with Crippen molar-refractivity contribution in [3.05, 3.63) is 243 Å². The summed E-state index contributed by atoms with van der Waals surface area (Å²) in [7, 11) is 0. The molecule has 0 aliphatic rings. The minimum atomic E-state index is 0.559. The second-order valence-corrected chi connectivity index (χ2v) is 12.0. The Hall–Kier alpha value is -6.32. The van der Waals surface area contributed by atoms with E-state index in [1.54, 1.807) is 0 Å². The molecule has 0 aliphatic carbocycles. The van der Waals surface area contributed by atoms with Gasteiger partial charge >= 0.3 is 0 Å². The van der Waals surface area contributed by atoms with Gasteiger partial charge in [0.15, 0.2) is 0 Å². The van der Waals surface area contributed by atoms with Crippen LogP contribution in [0.3, 0.4) is 0 Å². The molecule has 0 fully saturated rings. The molecule has 2 heteroatoms. The van der Waals surface area contributed by atoms with Crippen LogP contribution in [0.5, 0.6) is 0 Å². The quantitative estimate of drug-likeness (QED) is 0.144. The molecule has 0 aliphatic heterocycles. The molecule has 0 atom stereocenters. The van der Waals surface area contributed by atoms with Crippen molar-refractivity contribution in [3.8, 4) is 0 Å². The van der Waals surface area contributed by atoms with Crippen LogP contribution in [0, 0.1) is 0 Å². The first-order valence-electron chi connectivity index (χ1n) is 17.1. The Kier molecular flexibility index (Phi) is 9.85. The van der Waals surface area contributed by atoms with Gasteiger partial charge in [-0.2, -0.15) is 8.97 Å². The van der Waals surface area contributed by atoms with Gasteiger partial charge in [-0.15, -0.1) is 0 Å². The lowest BCUT2D eigenvalue weighted by molar-refractivity contribution is 0.704. The molecule has 0 bridgehead atoms. The van der Waals surface area contributed by atoms with Gasteiger partial charge in [0.2, 0.25) is 0 Å². The van der Waals surface area contributed by atoms with E-state index in [0.717, 1.165) is 0 Å². The normalized spacial score (nSPS) is 11.2. The second kappa shape index (κ2) is 15.3. The van der Waals surface area contributed by atoms with Crippen LogP contribution in [-0.4, -0.2) is 0 Å². The predicted octanol–water partition coefficient (Wildman–Crippen LogP) is 14.0. The maximum atomic E-state index is 2.20. The molecule has 8 aromatic carbocycles. The number of hydrogen-bond donors (Lipinski definition) is 0. The molecule has 0 saturated carbocycles. The lowest BCUT2D eigenvalue weighted by atomic mass is 10.1. The van der Waals surface area contributed by atoms with Crippen molar-refractivity contribution in [1.29, 1.82) is 0 Å². The third kappa shape index (κ3) is 6.18. The molecule has 0 heterocycles. The molecule has 0 aromatic heterocycles. The highest BCUT2D eigenvalue weighted by Crippen LogP contribution is 2.52. The summed E-state index contributed by atoms with van der Waals surface area (Å²) in [5.74, 6) is 0. The van der Waals surface area contributed by atoms with Crippen LogP contribution in [0.2, 0.25) is 0 Å². The lowest BCUT2D eigenvalue weighted by Gasteiger charge is -2.37. The molecule has 2 nitrogen and oxygen atoms in total. The zero-order chi connectivity index (χ0) is 33.9. The van der Waals surface area contributed by atoms with E-state index in [1.807, 2.05) is 0 Å². The first kappa shape index (κ1) is 32.2.